The Hall–Kier alpha value is -3.56. The molecule has 2 amide bonds. The van der Waals surface area contributed by atoms with Gasteiger partial charge in [-0.05, 0) is 73.4 Å². The highest BCUT2D eigenvalue weighted by Gasteiger charge is 2.34. The Morgan fingerprint density at radius 1 is 0.976 bits per heavy atom. The van der Waals surface area contributed by atoms with E-state index in [0.29, 0.717) is 17.2 Å². The summed E-state index contributed by atoms with van der Waals surface area (Å²) < 4.78 is 34.2. The summed E-state index contributed by atoms with van der Waals surface area (Å²) in [7, 11) is -2.57. The molecule has 0 spiro atoms. The van der Waals surface area contributed by atoms with Crippen molar-refractivity contribution in [2.45, 2.75) is 69.0 Å². The van der Waals surface area contributed by atoms with Crippen molar-refractivity contribution in [3.05, 3.63) is 89.4 Å². The SMILES string of the molecule is CCC(C(=O)NC1CCCCC1)N(Cc1cccc(OC)c1)C(=O)CN(c1ccc(Cl)cc1)S(=O)(=O)c1ccccc1. The maximum absolute atomic E-state index is 14.2. The van der Waals surface area contributed by atoms with Crippen LogP contribution in [0.15, 0.2) is 83.8 Å². The normalized spacial score (nSPS) is 14.5. The van der Waals surface area contributed by atoms with E-state index in [4.69, 9.17) is 16.3 Å². The lowest BCUT2D eigenvalue weighted by Crippen LogP contribution is -2.54. The zero-order valence-corrected chi connectivity index (χ0v) is 25.6. The summed E-state index contributed by atoms with van der Waals surface area (Å²) in [6.45, 7) is 1.46. The molecular formula is C32H38ClN3O5S. The Morgan fingerprint density at radius 2 is 1.67 bits per heavy atom. The molecule has 0 aliphatic heterocycles. The molecule has 8 nitrogen and oxygen atoms in total. The first-order valence-corrected chi connectivity index (χ1v) is 16.1. The van der Waals surface area contributed by atoms with Crippen LogP contribution in [-0.2, 0) is 26.2 Å². The number of benzene rings is 3. The van der Waals surface area contributed by atoms with E-state index < -0.39 is 28.5 Å². The largest absolute Gasteiger partial charge is 0.497 e. The summed E-state index contributed by atoms with van der Waals surface area (Å²) in [5.41, 5.74) is 1.05. The molecule has 3 aromatic rings. The molecule has 10 heteroatoms. The van der Waals surface area contributed by atoms with Gasteiger partial charge in [0, 0.05) is 17.6 Å². The number of anilines is 1. The molecule has 1 unspecified atom stereocenters. The lowest BCUT2D eigenvalue weighted by Gasteiger charge is -2.34. The quantitative estimate of drug-likeness (QED) is 0.279. The van der Waals surface area contributed by atoms with Crippen LogP contribution in [0.4, 0.5) is 5.69 Å². The van der Waals surface area contributed by atoms with E-state index in [0.717, 1.165) is 42.0 Å². The summed E-state index contributed by atoms with van der Waals surface area (Å²) in [5, 5.41) is 3.59. The highest BCUT2D eigenvalue weighted by molar-refractivity contribution is 7.92. The standard InChI is InChI=1S/C32H38ClN3O5S/c1-3-30(32(38)34-26-12-6-4-7-13-26)35(22-24-11-10-14-28(21-24)41-2)31(37)23-36(27-19-17-25(33)18-20-27)42(39,40)29-15-8-5-9-16-29/h5,8-11,14-21,26,30H,3-4,6-7,12-13,22-23H2,1-2H3,(H,34,38). The monoisotopic (exact) mass is 611 g/mol. The van der Waals surface area contributed by atoms with E-state index in [-0.39, 0.29) is 29.1 Å². The molecule has 0 aromatic heterocycles. The first-order chi connectivity index (χ1) is 20.2. The van der Waals surface area contributed by atoms with Crippen LogP contribution in [-0.4, -0.2) is 50.9 Å². The molecule has 1 saturated carbocycles. The van der Waals surface area contributed by atoms with Crippen LogP contribution in [0.1, 0.15) is 51.0 Å². The molecular weight excluding hydrogens is 574 g/mol. The number of nitrogens with zero attached hydrogens (tertiary/aromatic N) is 2. The average molecular weight is 612 g/mol. The fourth-order valence-corrected chi connectivity index (χ4v) is 6.85. The van der Waals surface area contributed by atoms with E-state index in [1.807, 2.05) is 25.1 Å². The molecule has 1 fully saturated rings. The second-order valence-corrected chi connectivity index (χ2v) is 12.7. The van der Waals surface area contributed by atoms with Gasteiger partial charge in [0.15, 0.2) is 0 Å². The molecule has 1 aliphatic carbocycles. The van der Waals surface area contributed by atoms with Gasteiger partial charge in [-0.25, -0.2) is 8.42 Å². The van der Waals surface area contributed by atoms with Crippen LogP contribution < -0.4 is 14.4 Å². The number of sulfonamides is 1. The van der Waals surface area contributed by atoms with Crippen molar-refractivity contribution in [2.75, 3.05) is 18.0 Å². The van der Waals surface area contributed by atoms with Crippen molar-refractivity contribution >= 4 is 39.1 Å². The van der Waals surface area contributed by atoms with Crippen molar-refractivity contribution in [3.63, 3.8) is 0 Å². The van der Waals surface area contributed by atoms with E-state index in [1.54, 1.807) is 55.6 Å². The molecule has 0 saturated heterocycles. The van der Waals surface area contributed by atoms with Gasteiger partial charge in [0.25, 0.3) is 10.0 Å². The number of rotatable bonds is 12. The highest BCUT2D eigenvalue weighted by Crippen LogP contribution is 2.27. The lowest BCUT2D eigenvalue weighted by atomic mass is 9.95. The summed E-state index contributed by atoms with van der Waals surface area (Å²) >= 11 is 6.10. The fraction of sp³-hybridized carbons (Fsp3) is 0.375. The maximum Gasteiger partial charge on any atom is 0.264 e. The van der Waals surface area contributed by atoms with Gasteiger partial charge in [-0.15, -0.1) is 0 Å². The van der Waals surface area contributed by atoms with E-state index >= 15 is 0 Å². The number of carbonyl (C=O) groups excluding carboxylic acids is 2. The molecule has 1 atom stereocenters. The Labute approximate surface area is 253 Å². The van der Waals surface area contributed by atoms with E-state index in [9.17, 15) is 18.0 Å². The summed E-state index contributed by atoms with van der Waals surface area (Å²) in [6.07, 6.45) is 5.45. The number of nitrogens with one attached hydrogen (secondary N) is 1. The Balaban J connectivity index is 1.70. The summed E-state index contributed by atoms with van der Waals surface area (Å²) in [6, 6.07) is 20.8. The van der Waals surface area contributed by atoms with E-state index in [1.165, 1.54) is 17.0 Å². The van der Waals surface area contributed by atoms with Crippen LogP contribution >= 0.6 is 11.6 Å². The number of amides is 2. The predicted octanol–water partition coefficient (Wildman–Crippen LogP) is 5.80. The van der Waals surface area contributed by atoms with Crippen LogP contribution in [0, 0.1) is 0 Å². The van der Waals surface area contributed by atoms with Crippen molar-refractivity contribution in [1.82, 2.24) is 10.2 Å². The first-order valence-electron chi connectivity index (χ1n) is 14.3. The minimum atomic E-state index is -4.13. The van der Waals surface area contributed by atoms with Crippen LogP contribution in [0.2, 0.25) is 5.02 Å². The second-order valence-electron chi connectivity index (χ2n) is 10.4. The van der Waals surface area contributed by atoms with Crippen molar-refractivity contribution in [3.8, 4) is 5.75 Å². The second kappa shape index (κ2) is 14.6. The van der Waals surface area contributed by atoms with Crippen molar-refractivity contribution in [1.29, 1.82) is 0 Å². The predicted molar refractivity (Wildman–Crippen MR) is 165 cm³/mol. The number of halogens is 1. The van der Waals surface area contributed by atoms with Gasteiger partial charge in [0.2, 0.25) is 11.8 Å². The minimum Gasteiger partial charge on any atom is -0.497 e. The van der Waals surface area contributed by atoms with Gasteiger partial charge in [0.1, 0.15) is 18.3 Å². The third-order valence-corrected chi connectivity index (χ3v) is 9.59. The van der Waals surface area contributed by atoms with Gasteiger partial charge < -0.3 is 15.0 Å². The molecule has 1 aliphatic rings. The van der Waals surface area contributed by atoms with Gasteiger partial charge in [-0.3, -0.25) is 13.9 Å². The summed E-state index contributed by atoms with van der Waals surface area (Å²) in [5.74, 6) is -0.114. The van der Waals surface area contributed by atoms with Gasteiger partial charge >= 0.3 is 0 Å². The fourth-order valence-electron chi connectivity index (χ4n) is 5.29. The molecule has 3 aromatic carbocycles. The number of ether oxygens (including phenoxy) is 1. The zero-order valence-electron chi connectivity index (χ0n) is 24.0. The Bertz CT molecular complexity index is 1440. The van der Waals surface area contributed by atoms with Gasteiger partial charge in [0.05, 0.1) is 17.7 Å². The molecule has 1 N–H and O–H groups in total. The summed E-state index contributed by atoms with van der Waals surface area (Å²) in [4.78, 5) is 29.4. The first kappa shape index (κ1) is 31.4. The molecule has 0 heterocycles. The molecule has 4 rings (SSSR count). The minimum absolute atomic E-state index is 0.0502. The molecule has 0 bridgehead atoms. The van der Waals surface area contributed by atoms with Crippen molar-refractivity contribution in [2.24, 2.45) is 0 Å². The maximum atomic E-state index is 14.2. The average Bonchev–Trinajstić information content (AvgIpc) is 3.01. The van der Waals surface area contributed by atoms with Gasteiger partial charge in [-0.1, -0.05) is 68.1 Å². The van der Waals surface area contributed by atoms with E-state index in [2.05, 4.69) is 5.32 Å². The van der Waals surface area contributed by atoms with Crippen LogP contribution in [0.25, 0.3) is 0 Å². The highest BCUT2D eigenvalue weighted by atomic mass is 35.5. The Kier molecular flexibility index (Phi) is 10.9. The Morgan fingerprint density at radius 3 is 2.31 bits per heavy atom. The molecule has 224 valence electrons. The zero-order chi connectivity index (χ0) is 30.1. The third-order valence-electron chi connectivity index (χ3n) is 7.55. The van der Waals surface area contributed by atoms with Crippen molar-refractivity contribution < 1.29 is 22.7 Å². The topological polar surface area (TPSA) is 96.0 Å². The van der Waals surface area contributed by atoms with Crippen LogP contribution in [0.5, 0.6) is 5.75 Å². The molecule has 42 heavy (non-hydrogen) atoms. The smallest absolute Gasteiger partial charge is 0.264 e. The number of hydrogen-bond acceptors (Lipinski definition) is 5. The van der Waals surface area contributed by atoms with Crippen LogP contribution in [0.3, 0.4) is 0 Å². The number of methoxy groups -OCH3 is 1. The van der Waals surface area contributed by atoms with Gasteiger partial charge in [-0.2, -0.15) is 0 Å². The lowest BCUT2D eigenvalue weighted by molar-refractivity contribution is -0.140. The molecule has 0 radical (unpaired) electrons. The third kappa shape index (κ3) is 7.83. The number of hydrogen-bond donors (Lipinski definition) is 1. The number of carbonyl (C=O) groups is 2.